The van der Waals surface area contributed by atoms with Crippen molar-refractivity contribution in [2.75, 3.05) is 38.6 Å². The Hall–Kier alpha value is -2.71. The lowest BCUT2D eigenvalue weighted by molar-refractivity contribution is 0.102. The number of hydrogen-bond donors (Lipinski definition) is 1. The largest absolute Gasteiger partial charge is 0.492 e. The van der Waals surface area contributed by atoms with E-state index in [0.29, 0.717) is 25.1 Å². The van der Waals surface area contributed by atoms with Crippen molar-refractivity contribution in [3.05, 3.63) is 58.4 Å². The van der Waals surface area contributed by atoms with Crippen LogP contribution in [0, 0.1) is 5.82 Å². The van der Waals surface area contributed by atoms with Crippen molar-refractivity contribution in [3.63, 3.8) is 0 Å². The molecule has 4 rings (SSSR count). The minimum atomic E-state index is -0.694. The second-order valence-corrected chi connectivity index (χ2v) is 8.73. The van der Waals surface area contributed by atoms with E-state index in [4.69, 9.17) is 16.3 Å². The molecule has 1 unspecified atom stereocenters. The summed E-state index contributed by atoms with van der Waals surface area (Å²) in [5, 5.41) is 8.92. The molecule has 1 N–H and O–H groups in total. The summed E-state index contributed by atoms with van der Waals surface area (Å²) in [6, 6.07) is 9.33. The smallest absolute Gasteiger partial charge is 0.255 e. The molecule has 2 heterocycles. The monoisotopic (exact) mass is 476 g/mol. The van der Waals surface area contributed by atoms with Gasteiger partial charge in [-0.05, 0) is 49.2 Å². The first-order chi connectivity index (χ1) is 15.9. The summed E-state index contributed by atoms with van der Waals surface area (Å²) in [6.45, 7) is 2.71. The maximum atomic E-state index is 13.4. The van der Waals surface area contributed by atoms with E-state index < -0.39 is 12.0 Å². The number of carbonyl (C=O) groups is 1. The minimum absolute atomic E-state index is 0.0144. The van der Waals surface area contributed by atoms with Crippen LogP contribution in [0.3, 0.4) is 0 Å². The van der Waals surface area contributed by atoms with Crippen LogP contribution in [0.1, 0.15) is 41.2 Å². The maximum Gasteiger partial charge on any atom is 0.255 e. The van der Waals surface area contributed by atoms with E-state index in [-0.39, 0.29) is 22.5 Å². The molecule has 1 fully saturated rings. The first-order valence-corrected chi connectivity index (χ1v) is 11.4. The van der Waals surface area contributed by atoms with E-state index in [9.17, 15) is 13.6 Å². The van der Waals surface area contributed by atoms with Gasteiger partial charge in [-0.15, -0.1) is 0 Å². The number of nitrogens with one attached hydrogen (secondary N) is 1. The zero-order valence-corrected chi connectivity index (χ0v) is 19.2. The van der Waals surface area contributed by atoms with Gasteiger partial charge in [0.15, 0.2) is 0 Å². The van der Waals surface area contributed by atoms with Crippen molar-refractivity contribution < 1.29 is 18.3 Å². The molecular formula is C24H27ClF2N4O2. The lowest BCUT2D eigenvalue weighted by Gasteiger charge is -2.28. The third kappa shape index (κ3) is 5.81. The highest BCUT2D eigenvalue weighted by molar-refractivity contribution is 6.31. The lowest BCUT2D eigenvalue weighted by atomic mass is 10.0. The molecule has 176 valence electrons. The molecule has 33 heavy (non-hydrogen) atoms. The number of carbonyl (C=O) groups excluding carboxylic acids is 1. The van der Waals surface area contributed by atoms with Crippen LogP contribution in [-0.2, 0) is 0 Å². The van der Waals surface area contributed by atoms with Crippen LogP contribution in [0.15, 0.2) is 41.5 Å². The van der Waals surface area contributed by atoms with Crippen molar-refractivity contribution in [2.45, 2.75) is 31.5 Å². The molecule has 0 bridgehead atoms. The van der Waals surface area contributed by atoms with E-state index >= 15 is 0 Å². The molecule has 0 saturated carbocycles. The molecule has 2 aliphatic rings. The first kappa shape index (κ1) is 23.4. The standard InChI is InChI=1S/C24H27ClF2N4O2/c1-30-22(6-9-28-30)19-15-18(29-24(32)16-2-4-21(27)20(25)14-16)3-5-23(19)33-13-12-31-10-7-17(26)8-11-31/h2-5,9,14-15,17,22H,6-8,10-13H2,1H3,(H,29,32). The molecule has 1 atom stereocenters. The van der Waals surface area contributed by atoms with E-state index in [0.717, 1.165) is 37.4 Å². The number of alkyl halides is 1. The average Bonchev–Trinajstić information content (AvgIpc) is 3.23. The Bertz CT molecular complexity index is 1030. The van der Waals surface area contributed by atoms with Gasteiger partial charge in [-0.2, -0.15) is 5.10 Å². The number of anilines is 1. The van der Waals surface area contributed by atoms with E-state index in [1.807, 2.05) is 30.4 Å². The summed E-state index contributed by atoms with van der Waals surface area (Å²) < 4.78 is 32.9. The normalized spacial score (nSPS) is 19.2. The number of hydrogen-bond acceptors (Lipinski definition) is 5. The summed E-state index contributed by atoms with van der Waals surface area (Å²) >= 11 is 5.81. The zero-order chi connectivity index (χ0) is 23.4. The van der Waals surface area contributed by atoms with Gasteiger partial charge < -0.3 is 10.1 Å². The second-order valence-electron chi connectivity index (χ2n) is 8.32. The summed E-state index contributed by atoms with van der Waals surface area (Å²) in [5.74, 6) is -0.236. The molecule has 0 aliphatic carbocycles. The van der Waals surface area contributed by atoms with Gasteiger partial charge in [0.1, 0.15) is 24.3 Å². The van der Waals surface area contributed by atoms with E-state index in [1.165, 1.54) is 18.2 Å². The van der Waals surface area contributed by atoms with Crippen LogP contribution in [-0.4, -0.2) is 61.5 Å². The van der Waals surface area contributed by atoms with E-state index in [1.54, 1.807) is 6.07 Å². The fourth-order valence-corrected chi connectivity index (χ4v) is 4.29. The fraction of sp³-hybridized carbons (Fsp3) is 0.417. The van der Waals surface area contributed by atoms with Crippen molar-refractivity contribution in [1.29, 1.82) is 0 Å². The van der Waals surface area contributed by atoms with Gasteiger partial charge in [0, 0.05) is 56.1 Å². The highest BCUT2D eigenvalue weighted by Crippen LogP contribution is 2.35. The predicted octanol–water partition coefficient (Wildman–Crippen LogP) is 4.91. The highest BCUT2D eigenvalue weighted by atomic mass is 35.5. The molecule has 0 aromatic heterocycles. The molecule has 0 radical (unpaired) electrons. The Morgan fingerprint density at radius 2 is 2.03 bits per heavy atom. The Balaban J connectivity index is 1.46. The average molecular weight is 477 g/mol. The number of halogens is 3. The second kappa shape index (κ2) is 10.5. The molecule has 2 aromatic rings. The topological polar surface area (TPSA) is 57.2 Å². The molecule has 0 spiro atoms. The Morgan fingerprint density at radius 1 is 1.24 bits per heavy atom. The number of piperidine rings is 1. The van der Waals surface area contributed by atoms with Crippen LogP contribution < -0.4 is 10.1 Å². The molecular weight excluding hydrogens is 450 g/mol. The summed E-state index contributed by atoms with van der Waals surface area (Å²) in [4.78, 5) is 14.9. The minimum Gasteiger partial charge on any atom is -0.492 e. The van der Waals surface area contributed by atoms with Crippen molar-refractivity contribution in [1.82, 2.24) is 9.91 Å². The molecule has 9 heteroatoms. The van der Waals surface area contributed by atoms with Crippen molar-refractivity contribution >= 4 is 29.4 Å². The summed E-state index contributed by atoms with van der Waals surface area (Å²) in [5.41, 5.74) is 1.77. The molecule has 2 aliphatic heterocycles. The third-order valence-electron chi connectivity index (χ3n) is 6.03. The lowest BCUT2D eigenvalue weighted by Crippen LogP contribution is -2.37. The molecule has 2 aromatic carbocycles. The number of benzene rings is 2. The highest BCUT2D eigenvalue weighted by Gasteiger charge is 2.24. The third-order valence-corrected chi connectivity index (χ3v) is 6.32. The Morgan fingerprint density at radius 3 is 2.73 bits per heavy atom. The van der Waals surface area contributed by atoms with Gasteiger partial charge >= 0.3 is 0 Å². The number of rotatable bonds is 7. The van der Waals surface area contributed by atoms with Gasteiger partial charge in [-0.1, -0.05) is 11.6 Å². The molecule has 1 saturated heterocycles. The van der Waals surface area contributed by atoms with Crippen LogP contribution in [0.5, 0.6) is 5.75 Å². The van der Waals surface area contributed by atoms with Crippen LogP contribution in [0.25, 0.3) is 0 Å². The quantitative estimate of drug-likeness (QED) is 0.617. The predicted molar refractivity (Wildman–Crippen MR) is 125 cm³/mol. The number of ether oxygens (including phenoxy) is 1. The number of hydrazone groups is 1. The number of nitrogens with zero attached hydrogens (tertiary/aromatic N) is 3. The van der Waals surface area contributed by atoms with Crippen LogP contribution in [0.4, 0.5) is 14.5 Å². The Kier molecular flexibility index (Phi) is 7.45. The van der Waals surface area contributed by atoms with Crippen molar-refractivity contribution in [3.8, 4) is 5.75 Å². The zero-order valence-electron chi connectivity index (χ0n) is 18.4. The summed E-state index contributed by atoms with van der Waals surface area (Å²) in [7, 11) is 1.89. The Labute approximate surface area is 197 Å². The fourth-order valence-electron chi connectivity index (χ4n) is 4.11. The van der Waals surface area contributed by atoms with Crippen LogP contribution in [0.2, 0.25) is 5.02 Å². The molecule has 6 nitrogen and oxygen atoms in total. The SMILES string of the molecule is CN1N=CCC1c1cc(NC(=O)c2ccc(F)c(Cl)c2)ccc1OCCN1CCC(F)CC1. The van der Waals surface area contributed by atoms with Crippen LogP contribution >= 0.6 is 11.6 Å². The maximum absolute atomic E-state index is 13.4. The number of amides is 1. The first-order valence-electron chi connectivity index (χ1n) is 11.1. The van der Waals surface area contributed by atoms with Gasteiger partial charge in [0.25, 0.3) is 5.91 Å². The van der Waals surface area contributed by atoms with Gasteiger partial charge in [-0.25, -0.2) is 8.78 Å². The van der Waals surface area contributed by atoms with Gasteiger partial charge in [0.2, 0.25) is 0 Å². The van der Waals surface area contributed by atoms with Gasteiger partial charge in [-0.3, -0.25) is 14.7 Å². The summed E-state index contributed by atoms with van der Waals surface area (Å²) in [6.07, 6.45) is 3.02. The molecule has 1 amide bonds. The number of likely N-dealkylation sites (tertiary alicyclic amines) is 1. The van der Waals surface area contributed by atoms with Crippen molar-refractivity contribution in [2.24, 2.45) is 5.10 Å². The van der Waals surface area contributed by atoms with Gasteiger partial charge in [0.05, 0.1) is 11.1 Å². The van der Waals surface area contributed by atoms with E-state index in [2.05, 4.69) is 15.3 Å².